The Bertz CT molecular complexity index is 1320. The van der Waals surface area contributed by atoms with Crippen LogP contribution in [0.15, 0.2) is 48.5 Å². The van der Waals surface area contributed by atoms with Gasteiger partial charge in [-0.1, -0.05) is 0 Å². The molecule has 1 fully saturated rings. The number of halogens is 1. The Morgan fingerprint density at radius 2 is 1.37 bits per heavy atom. The largest absolute Gasteiger partial charge is 0.493 e. The fourth-order valence-corrected chi connectivity index (χ4v) is 5.69. The number of ether oxygens (including phenoxy) is 6. The Kier molecular flexibility index (Phi) is 6.93. The molecule has 5 rings (SSSR count). The van der Waals surface area contributed by atoms with Crippen molar-refractivity contribution in [2.45, 2.75) is 12.0 Å². The number of anilines is 1. The van der Waals surface area contributed by atoms with Crippen molar-refractivity contribution in [2.75, 3.05) is 47.5 Å². The van der Waals surface area contributed by atoms with Crippen LogP contribution in [0.2, 0.25) is 0 Å². The van der Waals surface area contributed by atoms with E-state index in [1.807, 2.05) is 24.3 Å². The summed E-state index contributed by atoms with van der Waals surface area (Å²) in [4.78, 5) is 13.3. The Morgan fingerprint density at radius 3 is 1.92 bits per heavy atom. The first-order chi connectivity index (χ1) is 18.4. The number of hydrogen-bond donors (Lipinski definition) is 1. The average molecular weight is 524 g/mol. The molecule has 3 aromatic rings. The molecule has 4 atom stereocenters. The minimum atomic E-state index is -0.513. The average Bonchev–Trinajstić information content (AvgIpc) is 3.33. The number of carbonyl (C=O) groups excluding carboxylic acids is 1. The summed E-state index contributed by atoms with van der Waals surface area (Å²) in [6.45, 7) is 0.233. The lowest BCUT2D eigenvalue weighted by molar-refractivity contribution is -0.141. The predicted molar refractivity (Wildman–Crippen MR) is 138 cm³/mol. The smallest absolute Gasteiger partial charge is 0.310 e. The molecule has 0 saturated carbocycles. The highest BCUT2D eigenvalue weighted by atomic mass is 19.1. The molecule has 1 aliphatic heterocycles. The number of cyclic esters (lactones) is 1. The van der Waals surface area contributed by atoms with Gasteiger partial charge in [0, 0.05) is 17.5 Å². The molecular weight excluding hydrogens is 493 g/mol. The van der Waals surface area contributed by atoms with Gasteiger partial charge >= 0.3 is 5.97 Å². The molecule has 0 bridgehead atoms. The summed E-state index contributed by atoms with van der Waals surface area (Å²) in [6, 6.07) is 13.4. The van der Waals surface area contributed by atoms with Crippen LogP contribution in [0.4, 0.5) is 10.1 Å². The van der Waals surface area contributed by atoms with E-state index in [0.29, 0.717) is 28.7 Å². The number of methoxy groups -OCH3 is 5. The van der Waals surface area contributed by atoms with E-state index in [9.17, 15) is 9.18 Å². The fourth-order valence-electron chi connectivity index (χ4n) is 5.69. The van der Waals surface area contributed by atoms with Crippen LogP contribution in [0, 0.1) is 17.7 Å². The summed E-state index contributed by atoms with van der Waals surface area (Å²) in [5, 5.41) is 3.52. The van der Waals surface area contributed by atoms with Gasteiger partial charge in [-0.05, 0) is 65.2 Å². The third-order valence-corrected chi connectivity index (χ3v) is 7.41. The van der Waals surface area contributed by atoms with Crippen LogP contribution in [-0.4, -0.2) is 48.1 Å². The van der Waals surface area contributed by atoms with Gasteiger partial charge in [-0.3, -0.25) is 4.79 Å². The van der Waals surface area contributed by atoms with Crippen molar-refractivity contribution >= 4 is 11.7 Å². The van der Waals surface area contributed by atoms with Crippen molar-refractivity contribution in [1.82, 2.24) is 0 Å². The van der Waals surface area contributed by atoms with Crippen LogP contribution in [0.25, 0.3) is 0 Å². The fraction of sp³-hybridized carbons (Fsp3) is 0.345. The van der Waals surface area contributed by atoms with Crippen molar-refractivity contribution in [3.8, 4) is 28.7 Å². The second-order valence-electron chi connectivity index (χ2n) is 9.22. The van der Waals surface area contributed by atoms with Crippen LogP contribution in [-0.2, 0) is 9.53 Å². The lowest BCUT2D eigenvalue weighted by Crippen LogP contribution is -2.37. The SMILES string of the molecule is COc1cc2c(cc1OC)[C@@H](Nc1ccc(F)cc1)[C@H]1COC(=O)[C@@H]1[C@@H]2c1cc(OC)c(OC)c(OC)c1. The third kappa shape index (κ3) is 4.21. The van der Waals surface area contributed by atoms with Crippen molar-refractivity contribution in [1.29, 1.82) is 0 Å². The number of hydrogen-bond acceptors (Lipinski definition) is 8. The van der Waals surface area contributed by atoms with E-state index >= 15 is 0 Å². The zero-order valence-electron chi connectivity index (χ0n) is 21.9. The summed E-state index contributed by atoms with van der Waals surface area (Å²) in [6.07, 6.45) is 0. The molecule has 0 spiro atoms. The first-order valence-electron chi connectivity index (χ1n) is 12.2. The molecule has 0 radical (unpaired) electrons. The zero-order chi connectivity index (χ0) is 27.0. The Labute approximate surface area is 220 Å². The molecule has 200 valence electrons. The van der Waals surface area contributed by atoms with Crippen LogP contribution < -0.4 is 29.0 Å². The molecule has 0 unspecified atom stereocenters. The second kappa shape index (κ2) is 10.3. The first kappa shape index (κ1) is 25.5. The van der Waals surface area contributed by atoms with E-state index < -0.39 is 11.8 Å². The summed E-state index contributed by atoms with van der Waals surface area (Å²) in [5.41, 5.74) is 3.32. The minimum absolute atomic E-state index is 0.220. The van der Waals surface area contributed by atoms with Crippen molar-refractivity contribution < 1.29 is 37.6 Å². The highest BCUT2D eigenvalue weighted by Crippen LogP contribution is 2.55. The summed E-state index contributed by atoms with van der Waals surface area (Å²) in [5.74, 6) is 0.776. The van der Waals surface area contributed by atoms with Crippen molar-refractivity contribution in [3.05, 3.63) is 71.0 Å². The van der Waals surface area contributed by atoms with E-state index in [1.54, 1.807) is 47.7 Å². The maximum absolute atomic E-state index is 13.6. The van der Waals surface area contributed by atoms with Gasteiger partial charge in [0.05, 0.1) is 54.1 Å². The maximum Gasteiger partial charge on any atom is 0.310 e. The van der Waals surface area contributed by atoms with Gasteiger partial charge < -0.3 is 33.7 Å². The molecule has 9 heteroatoms. The number of nitrogens with one attached hydrogen (secondary N) is 1. The van der Waals surface area contributed by atoms with Crippen LogP contribution >= 0.6 is 0 Å². The molecule has 1 heterocycles. The van der Waals surface area contributed by atoms with Gasteiger partial charge in [-0.2, -0.15) is 0 Å². The molecule has 1 saturated heterocycles. The molecular formula is C29H30FNO7. The molecule has 1 aliphatic carbocycles. The summed E-state index contributed by atoms with van der Waals surface area (Å²) in [7, 11) is 7.81. The summed E-state index contributed by atoms with van der Waals surface area (Å²) >= 11 is 0. The normalized spacial score (nSPS) is 21.6. The molecule has 38 heavy (non-hydrogen) atoms. The Hall–Kier alpha value is -4.14. The van der Waals surface area contributed by atoms with Crippen LogP contribution in [0.3, 0.4) is 0 Å². The molecule has 8 nitrogen and oxygen atoms in total. The Balaban J connectivity index is 1.74. The van der Waals surface area contributed by atoms with Gasteiger partial charge in [-0.15, -0.1) is 0 Å². The monoisotopic (exact) mass is 523 g/mol. The van der Waals surface area contributed by atoms with Gasteiger partial charge in [0.25, 0.3) is 0 Å². The number of benzene rings is 3. The van der Waals surface area contributed by atoms with E-state index in [0.717, 1.165) is 22.4 Å². The lowest BCUT2D eigenvalue weighted by atomic mass is 9.65. The predicted octanol–water partition coefficient (Wildman–Crippen LogP) is 4.96. The van der Waals surface area contributed by atoms with E-state index in [1.165, 1.54) is 12.1 Å². The number of carbonyl (C=O) groups is 1. The lowest BCUT2D eigenvalue weighted by Gasteiger charge is -2.40. The maximum atomic E-state index is 13.6. The van der Waals surface area contributed by atoms with Gasteiger partial charge in [-0.25, -0.2) is 4.39 Å². The highest BCUT2D eigenvalue weighted by molar-refractivity contribution is 5.79. The highest BCUT2D eigenvalue weighted by Gasteiger charge is 2.52. The first-order valence-corrected chi connectivity index (χ1v) is 12.2. The van der Waals surface area contributed by atoms with Gasteiger partial charge in [0.1, 0.15) is 5.82 Å². The van der Waals surface area contributed by atoms with Crippen molar-refractivity contribution in [3.63, 3.8) is 0 Å². The number of esters is 1. The Morgan fingerprint density at radius 1 is 0.789 bits per heavy atom. The minimum Gasteiger partial charge on any atom is -0.493 e. The van der Waals surface area contributed by atoms with E-state index in [2.05, 4.69) is 5.32 Å². The number of fused-ring (bicyclic) bond motifs is 2. The van der Waals surface area contributed by atoms with Gasteiger partial charge in [0.15, 0.2) is 23.0 Å². The molecule has 2 aliphatic rings. The van der Waals surface area contributed by atoms with E-state index in [4.69, 9.17) is 28.4 Å². The summed E-state index contributed by atoms with van der Waals surface area (Å²) < 4.78 is 47.3. The third-order valence-electron chi connectivity index (χ3n) is 7.41. The number of rotatable bonds is 8. The molecule has 0 aromatic heterocycles. The van der Waals surface area contributed by atoms with Crippen LogP contribution in [0.5, 0.6) is 28.7 Å². The quantitative estimate of drug-likeness (QED) is 0.415. The van der Waals surface area contributed by atoms with E-state index in [-0.39, 0.29) is 30.4 Å². The van der Waals surface area contributed by atoms with Gasteiger partial charge in [0.2, 0.25) is 5.75 Å². The topological polar surface area (TPSA) is 84.5 Å². The van der Waals surface area contributed by atoms with Crippen LogP contribution in [0.1, 0.15) is 28.7 Å². The molecule has 3 aromatic carbocycles. The van der Waals surface area contributed by atoms with Crippen molar-refractivity contribution in [2.24, 2.45) is 11.8 Å². The zero-order valence-corrected chi connectivity index (χ0v) is 21.9. The molecule has 1 N–H and O–H groups in total. The standard InChI is InChI=1S/C29H30FNO7/c1-33-21-12-18-19(13-22(21)34-2)27(31-17-8-6-16(30)7-9-17)20-14-38-29(32)26(20)25(18)15-10-23(35-3)28(37-5)24(11-15)36-4/h6-13,20,25-27,31H,14H2,1-5H3/t20-,25+,26-,27+/m0/s1. The molecule has 0 amide bonds. The second-order valence-corrected chi connectivity index (χ2v) is 9.22.